The van der Waals surface area contributed by atoms with Crippen molar-refractivity contribution in [3.05, 3.63) is 0 Å². The molecule has 2 aliphatic heterocycles. The van der Waals surface area contributed by atoms with E-state index in [-0.39, 0.29) is 13.0 Å². The van der Waals surface area contributed by atoms with Gasteiger partial charge in [-0.25, -0.2) is 0 Å². The SMILES string of the molecule is NC[C@H]1O[C@H](O[C@H]2[C@H](O)[C@@H](O[C@H]3O[C@H](CO)[C@@H](O)[C@H](N)[C@H]3O)[C@H](N)C[C@@H]2N)[C@H](O)C(=O)[C@@H]1O. The van der Waals surface area contributed by atoms with E-state index in [9.17, 15) is 35.4 Å². The molecule has 3 aliphatic rings. The van der Waals surface area contributed by atoms with Crippen LogP contribution in [0.15, 0.2) is 0 Å². The van der Waals surface area contributed by atoms with Gasteiger partial charge in [-0.15, -0.1) is 0 Å². The van der Waals surface area contributed by atoms with Crippen LogP contribution in [0.3, 0.4) is 0 Å². The maximum Gasteiger partial charge on any atom is 0.197 e. The maximum absolute atomic E-state index is 12.1. The second kappa shape index (κ2) is 10.8. The van der Waals surface area contributed by atoms with E-state index in [2.05, 4.69) is 0 Å². The van der Waals surface area contributed by atoms with Crippen molar-refractivity contribution >= 4 is 5.78 Å². The standard InChI is InChI=1S/C18H34N4O11/c19-2-6-10(25)12(27)13(28)18(30-6)33-16-5(21)1-4(20)15(14(16)29)32-17-11(26)8(22)9(24)7(3-23)31-17/h4-11,13-18,23-26,28-29H,1-3,19-22H2/t4-,5+,6-,7-,8+,9-,10-,11-,13-,14-,15+,16-,17-,18-/m1/s1. The third kappa shape index (κ3) is 5.21. The lowest BCUT2D eigenvalue weighted by Crippen LogP contribution is -2.68. The zero-order valence-electron chi connectivity index (χ0n) is 17.7. The van der Waals surface area contributed by atoms with Crippen LogP contribution < -0.4 is 22.9 Å². The van der Waals surface area contributed by atoms with Gasteiger partial charge in [0.05, 0.1) is 12.6 Å². The van der Waals surface area contributed by atoms with Crippen LogP contribution in [0.5, 0.6) is 0 Å². The maximum atomic E-state index is 12.1. The summed E-state index contributed by atoms with van der Waals surface area (Å²) in [5, 5.41) is 60.6. The van der Waals surface area contributed by atoms with E-state index in [1.54, 1.807) is 0 Å². The number of aliphatic hydroxyl groups is 6. The highest BCUT2D eigenvalue weighted by atomic mass is 16.7. The lowest BCUT2D eigenvalue weighted by atomic mass is 9.84. The normalized spacial score (nSPS) is 51.5. The van der Waals surface area contributed by atoms with Gasteiger partial charge >= 0.3 is 0 Å². The van der Waals surface area contributed by atoms with Crippen LogP contribution in [0.25, 0.3) is 0 Å². The Labute approximate surface area is 189 Å². The number of nitrogens with two attached hydrogens (primary N) is 4. The molecule has 0 spiro atoms. The van der Waals surface area contributed by atoms with E-state index in [1.807, 2.05) is 0 Å². The lowest BCUT2D eigenvalue weighted by molar-refractivity contribution is -0.317. The van der Waals surface area contributed by atoms with Crippen molar-refractivity contribution in [3.8, 4) is 0 Å². The van der Waals surface area contributed by atoms with Crippen LogP contribution in [-0.2, 0) is 23.7 Å². The largest absolute Gasteiger partial charge is 0.394 e. The molecule has 1 saturated carbocycles. The van der Waals surface area contributed by atoms with Gasteiger partial charge in [-0.2, -0.15) is 0 Å². The molecule has 14 atom stereocenters. The van der Waals surface area contributed by atoms with E-state index in [0.717, 1.165) is 0 Å². The molecule has 0 aromatic rings. The second-order valence-electron chi connectivity index (χ2n) is 8.61. The number of hydrogen-bond donors (Lipinski definition) is 10. The fourth-order valence-corrected chi connectivity index (χ4v) is 4.28. The number of carbonyl (C=O) groups is 1. The molecule has 2 heterocycles. The van der Waals surface area contributed by atoms with Crippen molar-refractivity contribution in [1.29, 1.82) is 0 Å². The van der Waals surface area contributed by atoms with Crippen molar-refractivity contribution in [3.63, 3.8) is 0 Å². The monoisotopic (exact) mass is 482 g/mol. The predicted octanol–water partition coefficient (Wildman–Crippen LogP) is -7.08. The van der Waals surface area contributed by atoms with Gasteiger partial charge in [0.25, 0.3) is 0 Å². The minimum absolute atomic E-state index is 0.0625. The zero-order chi connectivity index (χ0) is 24.6. The van der Waals surface area contributed by atoms with Crippen molar-refractivity contribution < 1.29 is 54.4 Å². The predicted molar refractivity (Wildman–Crippen MR) is 107 cm³/mol. The summed E-state index contributed by atoms with van der Waals surface area (Å²) in [6.07, 6.45) is -15.6. The van der Waals surface area contributed by atoms with Gasteiger partial charge in [0.2, 0.25) is 0 Å². The van der Waals surface area contributed by atoms with Crippen LogP contribution in [0.2, 0.25) is 0 Å². The Morgan fingerprint density at radius 2 is 1.36 bits per heavy atom. The number of hydrogen-bond acceptors (Lipinski definition) is 15. The lowest BCUT2D eigenvalue weighted by Gasteiger charge is -2.47. The van der Waals surface area contributed by atoms with Crippen LogP contribution >= 0.6 is 0 Å². The van der Waals surface area contributed by atoms with Crippen LogP contribution in [0.4, 0.5) is 0 Å². The molecule has 33 heavy (non-hydrogen) atoms. The van der Waals surface area contributed by atoms with Gasteiger partial charge in [-0.05, 0) is 6.42 Å². The Hall–Kier alpha value is -0.890. The first-order chi connectivity index (χ1) is 15.5. The number of ketones is 1. The van der Waals surface area contributed by atoms with E-state index in [4.69, 9.17) is 41.9 Å². The van der Waals surface area contributed by atoms with Gasteiger partial charge in [-0.3, -0.25) is 4.79 Å². The second-order valence-corrected chi connectivity index (χ2v) is 8.61. The Kier molecular flexibility index (Phi) is 8.74. The summed E-state index contributed by atoms with van der Waals surface area (Å²) in [7, 11) is 0. The van der Waals surface area contributed by atoms with E-state index < -0.39 is 98.0 Å². The third-order valence-electron chi connectivity index (χ3n) is 6.32. The molecule has 2 saturated heterocycles. The minimum atomic E-state index is -1.86. The molecule has 0 unspecified atom stereocenters. The third-order valence-corrected chi connectivity index (χ3v) is 6.32. The van der Waals surface area contributed by atoms with Gasteiger partial charge in [-0.1, -0.05) is 0 Å². The highest BCUT2D eigenvalue weighted by Crippen LogP contribution is 2.30. The molecule has 192 valence electrons. The molecule has 15 heteroatoms. The Balaban J connectivity index is 1.73. The molecule has 14 N–H and O–H groups in total. The Morgan fingerprint density at radius 3 is 1.91 bits per heavy atom. The van der Waals surface area contributed by atoms with Gasteiger partial charge in [0, 0.05) is 18.6 Å². The summed E-state index contributed by atoms with van der Waals surface area (Å²) in [4.78, 5) is 12.1. The van der Waals surface area contributed by atoms with Crippen LogP contribution in [-0.4, -0.2) is 135 Å². The average molecular weight is 482 g/mol. The van der Waals surface area contributed by atoms with Crippen LogP contribution in [0.1, 0.15) is 6.42 Å². The van der Waals surface area contributed by atoms with Gasteiger partial charge in [0.1, 0.15) is 48.8 Å². The molecule has 15 nitrogen and oxygen atoms in total. The number of aliphatic hydroxyl groups excluding tert-OH is 6. The van der Waals surface area contributed by atoms with Crippen LogP contribution in [0, 0.1) is 0 Å². The summed E-state index contributed by atoms with van der Waals surface area (Å²) in [5.41, 5.74) is 23.4. The number of Topliss-reactive ketones (excluding diaryl/α,β-unsaturated/α-hetero) is 1. The fourth-order valence-electron chi connectivity index (χ4n) is 4.28. The summed E-state index contributed by atoms with van der Waals surface area (Å²) in [6.45, 7) is -0.833. The van der Waals surface area contributed by atoms with E-state index >= 15 is 0 Å². The Bertz CT molecular complexity index is 675. The van der Waals surface area contributed by atoms with Gasteiger partial charge < -0.3 is 72.5 Å². The van der Waals surface area contributed by atoms with Crippen molar-refractivity contribution in [1.82, 2.24) is 0 Å². The number of carbonyl (C=O) groups excluding carboxylic acids is 1. The van der Waals surface area contributed by atoms with E-state index in [0.29, 0.717) is 0 Å². The molecular weight excluding hydrogens is 448 g/mol. The molecule has 3 rings (SSSR count). The first-order valence-corrected chi connectivity index (χ1v) is 10.6. The first kappa shape index (κ1) is 26.7. The summed E-state index contributed by atoms with van der Waals surface area (Å²) >= 11 is 0. The quantitative estimate of drug-likeness (QED) is 0.168. The molecule has 0 amide bonds. The molecule has 0 bridgehead atoms. The van der Waals surface area contributed by atoms with Gasteiger partial charge in [0.15, 0.2) is 24.5 Å². The Morgan fingerprint density at radius 1 is 0.818 bits per heavy atom. The first-order valence-electron chi connectivity index (χ1n) is 10.6. The van der Waals surface area contributed by atoms with Crippen molar-refractivity contribution in [2.75, 3.05) is 13.2 Å². The average Bonchev–Trinajstić information content (AvgIpc) is 2.79. The molecular formula is C18H34N4O11. The zero-order valence-corrected chi connectivity index (χ0v) is 17.7. The molecule has 0 aromatic heterocycles. The molecule has 3 fully saturated rings. The summed E-state index contributed by atoms with van der Waals surface area (Å²) < 4.78 is 22.0. The molecule has 0 aromatic carbocycles. The van der Waals surface area contributed by atoms with E-state index in [1.165, 1.54) is 0 Å². The summed E-state index contributed by atoms with van der Waals surface area (Å²) in [5.74, 6) is -0.952. The number of ether oxygens (including phenoxy) is 4. The molecule has 1 aliphatic carbocycles. The summed E-state index contributed by atoms with van der Waals surface area (Å²) in [6, 6.07) is -2.92. The smallest absolute Gasteiger partial charge is 0.197 e. The van der Waals surface area contributed by atoms with Crippen molar-refractivity contribution in [2.24, 2.45) is 22.9 Å². The topological polar surface area (TPSA) is 279 Å². The number of rotatable bonds is 6. The molecule has 0 radical (unpaired) electrons. The minimum Gasteiger partial charge on any atom is -0.394 e. The highest BCUT2D eigenvalue weighted by Gasteiger charge is 2.51. The fraction of sp³-hybridized carbons (Fsp3) is 0.944. The van der Waals surface area contributed by atoms with Crippen molar-refractivity contribution in [2.45, 2.75) is 92.1 Å². The highest BCUT2D eigenvalue weighted by molar-refractivity contribution is 5.88.